The summed E-state index contributed by atoms with van der Waals surface area (Å²) < 4.78 is 0. The fourth-order valence-electron chi connectivity index (χ4n) is 0.943. The SMILES string of the molecule is C=N/C(=C\C=C(/C)C(C)C)C(C)(C)C. The van der Waals surface area contributed by atoms with Crippen LogP contribution in [0.2, 0.25) is 0 Å². The first-order valence-corrected chi connectivity index (χ1v) is 5.14. The van der Waals surface area contributed by atoms with Crippen LogP contribution in [-0.4, -0.2) is 6.72 Å². The van der Waals surface area contributed by atoms with Crippen LogP contribution in [0.1, 0.15) is 41.5 Å². The van der Waals surface area contributed by atoms with Gasteiger partial charge in [0, 0.05) is 11.1 Å². The monoisotopic (exact) mass is 193 g/mol. The Kier molecular flexibility index (Phi) is 4.82. The van der Waals surface area contributed by atoms with E-state index in [2.05, 4.69) is 65.4 Å². The first-order valence-electron chi connectivity index (χ1n) is 5.14. The van der Waals surface area contributed by atoms with Crippen molar-refractivity contribution >= 4 is 6.72 Å². The molecule has 0 aromatic rings. The van der Waals surface area contributed by atoms with Crippen LogP contribution >= 0.6 is 0 Å². The van der Waals surface area contributed by atoms with Crippen molar-refractivity contribution in [2.75, 3.05) is 0 Å². The molecule has 0 amide bonds. The van der Waals surface area contributed by atoms with Crippen molar-refractivity contribution in [3.8, 4) is 0 Å². The van der Waals surface area contributed by atoms with Gasteiger partial charge in [0.05, 0.1) is 0 Å². The second-order valence-corrected chi connectivity index (χ2v) is 5.03. The van der Waals surface area contributed by atoms with Crippen LogP contribution in [0.4, 0.5) is 0 Å². The van der Waals surface area contributed by atoms with E-state index in [1.807, 2.05) is 0 Å². The highest BCUT2D eigenvalue weighted by atomic mass is 14.7. The Bertz CT molecular complexity index is 249. The third kappa shape index (κ3) is 4.40. The lowest BCUT2D eigenvalue weighted by molar-refractivity contribution is 0.499. The first kappa shape index (κ1) is 13.2. The molecule has 0 radical (unpaired) electrons. The summed E-state index contributed by atoms with van der Waals surface area (Å²) in [4.78, 5) is 4.06. The van der Waals surface area contributed by atoms with Gasteiger partial charge in [0.25, 0.3) is 0 Å². The Hall–Kier alpha value is -0.850. The summed E-state index contributed by atoms with van der Waals surface area (Å²) in [5.41, 5.74) is 2.49. The first-order chi connectivity index (χ1) is 6.29. The van der Waals surface area contributed by atoms with Gasteiger partial charge in [0.2, 0.25) is 0 Å². The maximum absolute atomic E-state index is 4.06. The molecule has 0 rings (SSSR count). The second-order valence-electron chi connectivity index (χ2n) is 5.03. The van der Waals surface area contributed by atoms with Crippen LogP contribution in [0, 0.1) is 11.3 Å². The predicted octanol–water partition coefficient (Wildman–Crippen LogP) is 4.22. The highest BCUT2D eigenvalue weighted by molar-refractivity contribution is 5.32. The molecular weight excluding hydrogens is 170 g/mol. The average molecular weight is 193 g/mol. The van der Waals surface area contributed by atoms with E-state index >= 15 is 0 Å². The average Bonchev–Trinajstić information content (AvgIpc) is 2.02. The Morgan fingerprint density at radius 1 is 1.21 bits per heavy atom. The quantitative estimate of drug-likeness (QED) is 0.470. The number of hydrogen-bond donors (Lipinski definition) is 0. The van der Waals surface area contributed by atoms with Gasteiger partial charge in [-0.25, -0.2) is 0 Å². The molecule has 0 saturated heterocycles. The van der Waals surface area contributed by atoms with Crippen molar-refractivity contribution in [3.63, 3.8) is 0 Å². The highest BCUT2D eigenvalue weighted by Crippen LogP contribution is 2.26. The van der Waals surface area contributed by atoms with Crippen LogP contribution in [0.5, 0.6) is 0 Å². The Morgan fingerprint density at radius 2 is 1.71 bits per heavy atom. The zero-order valence-electron chi connectivity index (χ0n) is 10.4. The van der Waals surface area contributed by atoms with Crippen molar-refractivity contribution in [1.82, 2.24) is 0 Å². The fourth-order valence-corrected chi connectivity index (χ4v) is 0.943. The molecule has 0 aromatic heterocycles. The van der Waals surface area contributed by atoms with Gasteiger partial charge in [0.15, 0.2) is 0 Å². The summed E-state index contributed by atoms with van der Waals surface area (Å²) in [7, 11) is 0. The van der Waals surface area contributed by atoms with Crippen LogP contribution in [0.3, 0.4) is 0 Å². The van der Waals surface area contributed by atoms with Gasteiger partial charge >= 0.3 is 0 Å². The van der Waals surface area contributed by atoms with Gasteiger partial charge in [-0.15, -0.1) is 0 Å². The lowest BCUT2D eigenvalue weighted by Crippen LogP contribution is -2.07. The number of nitrogens with zero attached hydrogens (tertiary/aromatic N) is 1. The van der Waals surface area contributed by atoms with Gasteiger partial charge in [0.1, 0.15) is 0 Å². The molecule has 14 heavy (non-hydrogen) atoms. The zero-order valence-corrected chi connectivity index (χ0v) is 10.4. The normalized spacial score (nSPS) is 14.8. The smallest absolute Gasteiger partial charge is 0.0449 e. The fraction of sp³-hybridized carbons (Fsp3) is 0.615. The Labute approximate surface area is 88.6 Å². The lowest BCUT2D eigenvalue weighted by Gasteiger charge is -2.18. The largest absolute Gasteiger partial charge is 0.269 e. The molecule has 0 aliphatic carbocycles. The minimum absolute atomic E-state index is 0.0789. The molecule has 0 bridgehead atoms. The number of hydrogen-bond acceptors (Lipinski definition) is 1. The minimum Gasteiger partial charge on any atom is -0.269 e. The molecule has 1 nitrogen and oxygen atoms in total. The number of allylic oxidation sites excluding steroid dienone is 4. The summed E-state index contributed by atoms with van der Waals surface area (Å²) in [6.45, 7) is 16.6. The summed E-state index contributed by atoms with van der Waals surface area (Å²) in [6, 6.07) is 0. The van der Waals surface area contributed by atoms with E-state index in [-0.39, 0.29) is 5.41 Å². The third-order valence-corrected chi connectivity index (χ3v) is 2.35. The van der Waals surface area contributed by atoms with Crippen LogP contribution in [-0.2, 0) is 0 Å². The molecular formula is C13H23N. The molecule has 0 spiro atoms. The topological polar surface area (TPSA) is 12.4 Å². The van der Waals surface area contributed by atoms with Crippen molar-refractivity contribution in [3.05, 3.63) is 23.4 Å². The lowest BCUT2D eigenvalue weighted by atomic mass is 9.91. The van der Waals surface area contributed by atoms with Crippen molar-refractivity contribution < 1.29 is 0 Å². The predicted molar refractivity (Wildman–Crippen MR) is 65.7 cm³/mol. The van der Waals surface area contributed by atoms with E-state index in [1.165, 1.54) is 5.57 Å². The molecule has 0 unspecified atom stereocenters. The van der Waals surface area contributed by atoms with Gasteiger partial charge in [-0.2, -0.15) is 0 Å². The molecule has 0 fully saturated rings. The van der Waals surface area contributed by atoms with E-state index in [9.17, 15) is 0 Å². The Morgan fingerprint density at radius 3 is 2.00 bits per heavy atom. The maximum Gasteiger partial charge on any atom is 0.0449 e. The maximum atomic E-state index is 4.06. The van der Waals surface area contributed by atoms with Gasteiger partial charge in [-0.3, -0.25) is 4.99 Å². The molecule has 0 saturated carbocycles. The van der Waals surface area contributed by atoms with E-state index in [0.717, 1.165) is 5.70 Å². The van der Waals surface area contributed by atoms with E-state index in [4.69, 9.17) is 0 Å². The molecule has 0 N–H and O–H groups in total. The molecule has 0 aromatic carbocycles. The van der Waals surface area contributed by atoms with E-state index in [1.54, 1.807) is 0 Å². The molecule has 0 aliphatic heterocycles. The van der Waals surface area contributed by atoms with E-state index < -0.39 is 0 Å². The molecule has 0 atom stereocenters. The van der Waals surface area contributed by atoms with E-state index in [0.29, 0.717) is 5.92 Å². The zero-order chi connectivity index (χ0) is 11.4. The van der Waals surface area contributed by atoms with Crippen molar-refractivity contribution in [2.45, 2.75) is 41.5 Å². The van der Waals surface area contributed by atoms with Gasteiger partial charge in [-0.05, 0) is 25.6 Å². The van der Waals surface area contributed by atoms with Crippen molar-refractivity contribution in [1.29, 1.82) is 0 Å². The van der Waals surface area contributed by atoms with Gasteiger partial charge in [-0.1, -0.05) is 46.3 Å². The molecule has 0 heterocycles. The molecule has 1 heteroatoms. The van der Waals surface area contributed by atoms with Crippen molar-refractivity contribution in [2.24, 2.45) is 16.3 Å². The molecule has 80 valence electrons. The standard InChI is InChI=1S/C13H23N/c1-10(2)11(3)8-9-12(14-7)13(4,5)6/h8-10H,7H2,1-6H3/b11-8+,12-9-. The highest BCUT2D eigenvalue weighted by Gasteiger charge is 2.14. The summed E-state index contributed by atoms with van der Waals surface area (Å²) >= 11 is 0. The van der Waals surface area contributed by atoms with Crippen LogP contribution < -0.4 is 0 Å². The minimum atomic E-state index is 0.0789. The summed E-state index contributed by atoms with van der Waals surface area (Å²) in [6.07, 6.45) is 4.21. The summed E-state index contributed by atoms with van der Waals surface area (Å²) in [5, 5.41) is 0. The number of rotatable bonds is 3. The summed E-state index contributed by atoms with van der Waals surface area (Å²) in [5.74, 6) is 0.595. The Balaban J connectivity index is 4.81. The second kappa shape index (κ2) is 5.14. The third-order valence-electron chi connectivity index (χ3n) is 2.35. The van der Waals surface area contributed by atoms with Crippen LogP contribution in [0.15, 0.2) is 28.4 Å². The molecule has 0 aliphatic rings. The van der Waals surface area contributed by atoms with Gasteiger partial charge < -0.3 is 0 Å². The van der Waals surface area contributed by atoms with Crippen LogP contribution in [0.25, 0.3) is 0 Å². The number of aliphatic imine (C=N–C) groups is 1.